The van der Waals surface area contributed by atoms with Crippen molar-refractivity contribution < 1.29 is 5.11 Å². The Bertz CT molecular complexity index is 757. The van der Waals surface area contributed by atoms with Crippen molar-refractivity contribution in [1.82, 2.24) is 0 Å². The summed E-state index contributed by atoms with van der Waals surface area (Å²) >= 11 is 0. The minimum absolute atomic E-state index is 0.0192. The van der Waals surface area contributed by atoms with Crippen molar-refractivity contribution in [2.45, 2.75) is 32.6 Å². The van der Waals surface area contributed by atoms with E-state index in [1.165, 1.54) is 27.8 Å². The molecule has 2 aromatic rings. The summed E-state index contributed by atoms with van der Waals surface area (Å²) in [6.07, 6.45) is 0.528. The van der Waals surface area contributed by atoms with Crippen LogP contribution in [0.4, 0.5) is 0 Å². The highest BCUT2D eigenvalue weighted by Gasteiger charge is 2.35. The number of aliphatic hydroxyl groups is 1. The van der Waals surface area contributed by atoms with Crippen LogP contribution in [0.1, 0.15) is 42.5 Å². The zero-order valence-corrected chi connectivity index (χ0v) is 12.8. The Morgan fingerprint density at radius 3 is 2.38 bits per heavy atom. The first-order chi connectivity index (χ1) is 10.0. The van der Waals surface area contributed by atoms with Crippen molar-refractivity contribution >= 4 is 0 Å². The maximum Gasteiger partial charge on any atom is 0.0540 e. The summed E-state index contributed by atoms with van der Waals surface area (Å²) in [5.41, 5.74) is 7.76. The first kappa shape index (κ1) is 13.9. The van der Waals surface area contributed by atoms with Gasteiger partial charge in [-0.05, 0) is 41.3 Å². The summed E-state index contributed by atoms with van der Waals surface area (Å²) in [6, 6.07) is 13.2. The molecule has 0 heterocycles. The molecule has 1 aliphatic rings. The number of benzene rings is 2. The van der Waals surface area contributed by atoms with Gasteiger partial charge in [-0.2, -0.15) is 0 Å². The molecule has 0 unspecified atom stereocenters. The van der Waals surface area contributed by atoms with E-state index in [2.05, 4.69) is 69.0 Å². The first-order valence-corrected chi connectivity index (χ1v) is 7.40. The minimum Gasteiger partial charge on any atom is -0.395 e. The van der Waals surface area contributed by atoms with E-state index >= 15 is 0 Å². The number of rotatable bonds is 1. The Kier molecular flexibility index (Phi) is 3.35. The second kappa shape index (κ2) is 5.06. The fourth-order valence-electron chi connectivity index (χ4n) is 3.15. The third-order valence-electron chi connectivity index (χ3n) is 4.30. The lowest BCUT2D eigenvalue weighted by atomic mass is 9.81. The smallest absolute Gasteiger partial charge is 0.0540 e. The summed E-state index contributed by atoms with van der Waals surface area (Å²) in [4.78, 5) is 0. The maximum absolute atomic E-state index is 8.82. The molecule has 1 N–H and O–H groups in total. The van der Waals surface area contributed by atoms with Crippen molar-refractivity contribution in [2.75, 3.05) is 6.61 Å². The van der Waals surface area contributed by atoms with Gasteiger partial charge in [0.15, 0.2) is 0 Å². The van der Waals surface area contributed by atoms with E-state index in [-0.39, 0.29) is 12.0 Å². The fraction of sp³-hybridized carbons (Fsp3) is 0.300. The molecule has 106 valence electrons. The van der Waals surface area contributed by atoms with Crippen molar-refractivity contribution in [1.29, 1.82) is 0 Å². The Morgan fingerprint density at radius 2 is 1.67 bits per heavy atom. The van der Waals surface area contributed by atoms with Crippen molar-refractivity contribution in [3.05, 3.63) is 58.7 Å². The quantitative estimate of drug-likeness (QED) is 0.780. The van der Waals surface area contributed by atoms with Crippen LogP contribution in [0.5, 0.6) is 0 Å². The molecule has 1 nitrogen and oxygen atoms in total. The van der Waals surface area contributed by atoms with Crippen LogP contribution in [0, 0.1) is 18.8 Å². The highest BCUT2D eigenvalue weighted by atomic mass is 16.2. The molecule has 0 atom stereocenters. The molecule has 0 aliphatic heterocycles. The molecule has 1 heteroatoms. The van der Waals surface area contributed by atoms with Gasteiger partial charge in [-0.25, -0.2) is 0 Å². The Balaban J connectivity index is 2.12. The summed E-state index contributed by atoms with van der Waals surface area (Å²) < 4.78 is 0. The second-order valence-corrected chi connectivity index (χ2v) is 6.21. The zero-order valence-electron chi connectivity index (χ0n) is 12.8. The second-order valence-electron chi connectivity index (χ2n) is 6.21. The summed E-state index contributed by atoms with van der Waals surface area (Å²) in [5, 5.41) is 8.82. The molecular weight excluding hydrogens is 256 g/mol. The predicted molar refractivity (Wildman–Crippen MR) is 87.3 cm³/mol. The minimum atomic E-state index is 0.0192. The molecule has 2 aromatic carbocycles. The van der Waals surface area contributed by atoms with Gasteiger partial charge < -0.3 is 5.11 Å². The van der Waals surface area contributed by atoms with E-state index in [1.807, 2.05) is 0 Å². The Morgan fingerprint density at radius 1 is 1.00 bits per heavy atom. The largest absolute Gasteiger partial charge is 0.395 e. The van der Waals surface area contributed by atoms with E-state index in [9.17, 15) is 0 Å². The standard InChI is InChI=1S/C20H20O/c1-14-7-9-16-17-10-8-15(6-4-5-11-21)13-19(17)20(2,3)18(16)12-14/h7-10,12-13,21H,5,11H2,1-3H3. The van der Waals surface area contributed by atoms with E-state index in [4.69, 9.17) is 5.11 Å². The average molecular weight is 276 g/mol. The van der Waals surface area contributed by atoms with Crippen molar-refractivity contribution in [3.8, 4) is 23.0 Å². The number of hydrogen-bond acceptors (Lipinski definition) is 1. The lowest BCUT2D eigenvalue weighted by Crippen LogP contribution is -2.15. The predicted octanol–water partition coefficient (Wildman–Crippen LogP) is 4.04. The van der Waals surface area contributed by atoms with Crippen LogP contribution in [0.3, 0.4) is 0 Å². The lowest BCUT2D eigenvalue weighted by molar-refractivity contribution is 0.305. The monoisotopic (exact) mass is 276 g/mol. The van der Waals surface area contributed by atoms with Gasteiger partial charge >= 0.3 is 0 Å². The van der Waals surface area contributed by atoms with Crippen LogP contribution < -0.4 is 0 Å². The zero-order chi connectivity index (χ0) is 15.0. The Hall–Kier alpha value is -2.04. The van der Waals surface area contributed by atoms with Crippen LogP contribution >= 0.6 is 0 Å². The fourth-order valence-corrected chi connectivity index (χ4v) is 3.15. The highest BCUT2D eigenvalue weighted by molar-refractivity contribution is 5.81. The van der Waals surface area contributed by atoms with E-state index < -0.39 is 0 Å². The molecule has 0 saturated heterocycles. The first-order valence-electron chi connectivity index (χ1n) is 7.40. The molecule has 21 heavy (non-hydrogen) atoms. The van der Waals surface area contributed by atoms with Gasteiger partial charge in [0.05, 0.1) is 6.61 Å². The third-order valence-corrected chi connectivity index (χ3v) is 4.30. The number of aliphatic hydroxyl groups excluding tert-OH is 1. The molecule has 0 saturated carbocycles. The van der Waals surface area contributed by atoms with E-state index in [0.717, 1.165) is 5.56 Å². The van der Waals surface area contributed by atoms with Crippen LogP contribution in [0.25, 0.3) is 11.1 Å². The maximum atomic E-state index is 8.82. The molecule has 0 bridgehead atoms. The summed E-state index contributed by atoms with van der Waals surface area (Å²) in [6.45, 7) is 6.82. The molecule has 0 radical (unpaired) electrons. The van der Waals surface area contributed by atoms with Crippen LogP contribution in [0.15, 0.2) is 36.4 Å². The molecule has 0 fully saturated rings. The molecule has 0 spiro atoms. The number of aryl methyl sites for hydroxylation is 1. The lowest BCUT2D eigenvalue weighted by Gasteiger charge is -2.21. The van der Waals surface area contributed by atoms with Crippen molar-refractivity contribution in [3.63, 3.8) is 0 Å². The molecular formula is C20H20O. The van der Waals surface area contributed by atoms with Gasteiger partial charge in [-0.3, -0.25) is 0 Å². The van der Waals surface area contributed by atoms with Crippen LogP contribution in [-0.2, 0) is 5.41 Å². The Labute approximate surface area is 126 Å². The topological polar surface area (TPSA) is 20.2 Å². The van der Waals surface area contributed by atoms with Gasteiger partial charge in [0.1, 0.15) is 0 Å². The van der Waals surface area contributed by atoms with Crippen molar-refractivity contribution in [2.24, 2.45) is 0 Å². The normalized spacial score (nSPS) is 14.1. The molecule has 0 amide bonds. The highest BCUT2D eigenvalue weighted by Crippen LogP contribution is 2.48. The number of hydrogen-bond donors (Lipinski definition) is 1. The average Bonchev–Trinajstić information content (AvgIpc) is 2.68. The molecule has 0 aromatic heterocycles. The summed E-state index contributed by atoms with van der Waals surface area (Å²) in [7, 11) is 0. The van der Waals surface area contributed by atoms with E-state index in [1.54, 1.807) is 0 Å². The van der Waals surface area contributed by atoms with Gasteiger partial charge in [-0.1, -0.05) is 55.5 Å². The third kappa shape index (κ3) is 2.26. The number of fused-ring (bicyclic) bond motifs is 3. The van der Waals surface area contributed by atoms with Gasteiger partial charge in [0, 0.05) is 17.4 Å². The van der Waals surface area contributed by atoms with Gasteiger partial charge in [0.2, 0.25) is 0 Å². The van der Waals surface area contributed by atoms with E-state index in [0.29, 0.717) is 6.42 Å². The SMILES string of the molecule is Cc1ccc2c(c1)C(C)(C)c1cc(C#CCCO)ccc1-2. The van der Waals surface area contributed by atoms with Crippen LogP contribution in [0.2, 0.25) is 0 Å². The molecule has 3 rings (SSSR count). The van der Waals surface area contributed by atoms with Gasteiger partial charge in [-0.15, -0.1) is 0 Å². The summed E-state index contributed by atoms with van der Waals surface area (Å²) in [5.74, 6) is 6.14. The van der Waals surface area contributed by atoms with Gasteiger partial charge in [0.25, 0.3) is 0 Å². The van der Waals surface area contributed by atoms with Crippen LogP contribution in [-0.4, -0.2) is 11.7 Å². The molecule has 1 aliphatic carbocycles.